The average molecular weight is 627 g/mol. The van der Waals surface area contributed by atoms with Crippen molar-refractivity contribution in [1.29, 1.82) is 0 Å². The maximum atomic E-state index is 13.9. The largest absolute Gasteiger partial charge is 0.444 e. The number of carbonyl (C=O) groups is 3. The number of rotatable bonds is 14. The molecule has 46 heavy (non-hydrogen) atoms. The summed E-state index contributed by atoms with van der Waals surface area (Å²) in [7, 11) is 0. The van der Waals surface area contributed by atoms with Crippen LogP contribution in [0.1, 0.15) is 76.0 Å². The minimum atomic E-state index is -0.730. The normalized spacial score (nSPS) is 14.5. The lowest BCUT2D eigenvalue weighted by Gasteiger charge is -2.33. The molecular weight excluding hydrogens is 576 g/mol. The molecule has 2 aromatic carbocycles. The topological polar surface area (TPSA) is 101 Å². The van der Waals surface area contributed by atoms with Crippen LogP contribution in [0.3, 0.4) is 0 Å². The average Bonchev–Trinajstić information content (AvgIpc) is 3.05. The molecule has 3 aromatic rings. The Morgan fingerprint density at radius 1 is 0.826 bits per heavy atom. The van der Waals surface area contributed by atoms with E-state index in [4.69, 9.17) is 4.74 Å². The highest BCUT2D eigenvalue weighted by atomic mass is 16.6. The summed E-state index contributed by atoms with van der Waals surface area (Å²) in [5.41, 5.74) is 2.89. The molecule has 0 spiro atoms. The predicted octanol–water partition coefficient (Wildman–Crippen LogP) is 6.29. The lowest BCUT2D eigenvalue weighted by atomic mass is 9.95. The first-order chi connectivity index (χ1) is 22.2. The molecule has 4 rings (SSSR count). The van der Waals surface area contributed by atoms with Crippen LogP contribution in [-0.2, 0) is 33.6 Å². The minimum absolute atomic E-state index is 0.00899. The summed E-state index contributed by atoms with van der Waals surface area (Å²) in [6.07, 6.45) is 9.99. The number of carbonyl (C=O) groups excluding carboxylic acids is 3. The van der Waals surface area contributed by atoms with Gasteiger partial charge < -0.3 is 20.3 Å². The first-order valence-electron chi connectivity index (χ1n) is 16.7. The second kappa shape index (κ2) is 17.5. The zero-order chi connectivity index (χ0) is 32.8. The van der Waals surface area contributed by atoms with Crippen LogP contribution in [0.25, 0.3) is 0 Å². The van der Waals surface area contributed by atoms with Gasteiger partial charge in [-0.3, -0.25) is 14.6 Å². The van der Waals surface area contributed by atoms with Gasteiger partial charge in [-0.25, -0.2) is 4.79 Å². The van der Waals surface area contributed by atoms with Crippen LogP contribution in [-0.4, -0.2) is 58.6 Å². The molecule has 3 amide bonds. The monoisotopic (exact) mass is 626 g/mol. The Balaban J connectivity index is 1.39. The van der Waals surface area contributed by atoms with Gasteiger partial charge in [0.1, 0.15) is 11.6 Å². The molecule has 2 heterocycles. The Kier molecular flexibility index (Phi) is 13.2. The summed E-state index contributed by atoms with van der Waals surface area (Å²) in [5, 5.41) is 6.39. The smallest absolute Gasteiger partial charge is 0.410 e. The van der Waals surface area contributed by atoms with Gasteiger partial charge in [-0.2, -0.15) is 0 Å². The maximum Gasteiger partial charge on any atom is 0.410 e. The third-order valence-electron chi connectivity index (χ3n) is 8.38. The van der Waals surface area contributed by atoms with Crippen molar-refractivity contribution in [3.05, 3.63) is 102 Å². The van der Waals surface area contributed by atoms with Gasteiger partial charge in [-0.15, -0.1) is 0 Å². The number of hydrogen-bond acceptors (Lipinski definition) is 5. The third-order valence-corrected chi connectivity index (χ3v) is 8.38. The van der Waals surface area contributed by atoms with E-state index >= 15 is 0 Å². The quantitative estimate of drug-likeness (QED) is 0.219. The molecule has 1 unspecified atom stereocenters. The van der Waals surface area contributed by atoms with Gasteiger partial charge in [0.15, 0.2) is 0 Å². The van der Waals surface area contributed by atoms with E-state index in [2.05, 4.69) is 64.1 Å². The van der Waals surface area contributed by atoms with Gasteiger partial charge in [0, 0.05) is 43.9 Å². The van der Waals surface area contributed by atoms with Gasteiger partial charge in [-0.1, -0.05) is 66.7 Å². The molecule has 0 aliphatic carbocycles. The van der Waals surface area contributed by atoms with Crippen molar-refractivity contribution in [2.24, 2.45) is 5.92 Å². The minimum Gasteiger partial charge on any atom is -0.444 e. The Hall–Kier alpha value is -4.20. The fraction of sp³-hybridized carbons (Fsp3) is 0.474. The van der Waals surface area contributed by atoms with E-state index in [1.807, 2.05) is 45.0 Å². The Morgan fingerprint density at radius 2 is 1.39 bits per heavy atom. The number of aryl methyl sites for hydroxylation is 2. The van der Waals surface area contributed by atoms with E-state index < -0.39 is 11.6 Å². The zero-order valence-corrected chi connectivity index (χ0v) is 27.6. The molecule has 8 heteroatoms. The summed E-state index contributed by atoms with van der Waals surface area (Å²) in [6.45, 7) is 6.41. The van der Waals surface area contributed by atoms with Crippen molar-refractivity contribution in [3.8, 4) is 0 Å². The first kappa shape index (κ1) is 34.7. The second-order valence-corrected chi connectivity index (χ2v) is 13.3. The van der Waals surface area contributed by atoms with Gasteiger partial charge >= 0.3 is 6.09 Å². The molecule has 1 atom stereocenters. The number of hydrogen-bond donors (Lipinski definition) is 2. The Labute approximate surface area is 274 Å². The van der Waals surface area contributed by atoms with Gasteiger partial charge in [-0.05, 0) is 94.9 Å². The number of nitrogens with one attached hydrogen (secondary N) is 2. The number of nitrogens with zero attached hydrogens (tertiary/aromatic N) is 2. The lowest BCUT2D eigenvalue weighted by Crippen LogP contribution is -2.53. The Morgan fingerprint density at radius 3 is 1.91 bits per heavy atom. The third kappa shape index (κ3) is 12.0. The van der Waals surface area contributed by atoms with Gasteiger partial charge in [0.25, 0.3) is 0 Å². The van der Waals surface area contributed by atoms with Gasteiger partial charge in [0.05, 0.1) is 0 Å². The van der Waals surface area contributed by atoms with Crippen LogP contribution < -0.4 is 10.6 Å². The number of amides is 3. The molecule has 246 valence electrons. The summed E-state index contributed by atoms with van der Waals surface area (Å²) >= 11 is 0. The van der Waals surface area contributed by atoms with Gasteiger partial charge in [0.2, 0.25) is 11.8 Å². The van der Waals surface area contributed by atoms with Crippen molar-refractivity contribution in [2.75, 3.05) is 13.1 Å². The molecule has 0 bridgehead atoms. The summed E-state index contributed by atoms with van der Waals surface area (Å²) in [5.74, 6) is -0.610. The first-order valence-corrected chi connectivity index (χ1v) is 16.7. The van der Waals surface area contributed by atoms with E-state index in [1.54, 1.807) is 17.3 Å². The van der Waals surface area contributed by atoms with Crippen LogP contribution in [0.15, 0.2) is 85.2 Å². The van der Waals surface area contributed by atoms with E-state index in [9.17, 15) is 14.4 Å². The van der Waals surface area contributed by atoms with E-state index in [0.29, 0.717) is 32.4 Å². The predicted molar refractivity (Wildman–Crippen MR) is 181 cm³/mol. The van der Waals surface area contributed by atoms with Crippen LogP contribution in [0.5, 0.6) is 0 Å². The van der Waals surface area contributed by atoms with Crippen LogP contribution in [0.2, 0.25) is 0 Å². The lowest BCUT2D eigenvalue weighted by molar-refractivity contribution is -0.132. The maximum absolute atomic E-state index is 13.9. The fourth-order valence-corrected chi connectivity index (χ4v) is 5.89. The molecule has 2 N–H and O–H groups in total. The van der Waals surface area contributed by atoms with Crippen LogP contribution in [0.4, 0.5) is 4.79 Å². The molecule has 8 nitrogen and oxygen atoms in total. The molecule has 1 aliphatic rings. The van der Waals surface area contributed by atoms with Crippen molar-refractivity contribution in [1.82, 2.24) is 20.5 Å². The molecule has 0 saturated carbocycles. The van der Waals surface area contributed by atoms with Crippen molar-refractivity contribution in [2.45, 2.75) is 96.2 Å². The molecule has 1 aromatic heterocycles. The number of likely N-dealkylation sites (tertiary alicyclic amines) is 1. The number of piperidine rings is 1. The summed E-state index contributed by atoms with van der Waals surface area (Å²) < 4.78 is 5.51. The van der Waals surface area contributed by atoms with Crippen LogP contribution >= 0.6 is 0 Å². The van der Waals surface area contributed by atoms with Crippen molar-refractivity contribution < 1.29 is 19.1 Å². The number of pyridine rings is 1. The van der Waals surface area contributed by atoms with E-state index in [0.717, 1.165) is 44.1 Å². The molecule has 1 aliphatic heterocycles. The molecule has 0 radical (unpaired) electrons. The highest BCUT2D eigenvalue weighted by molar-refractivity contribution is 5.89. The molecular formula is C38H50N4O4. The summed E-state index contributed by atoms with van der Waals surface area (Å²) in [6, 6.07) is 23.9. The standard InChI is InChI=1S/C38H50N4O4/c1-38(2,3)46-37(45)42-25-22-32(23-26-42)35(43)41-34(27-31-19-12-24-39-28-31)36(44)40-33(20-10-17-29-13-6-4-7-14-29)21-11-18-30-15-8-5-9-16-30/h4-9,12-16,19,24,28,32-34H,10-11,17-18,20-23,25-27H2,1-3H3,(H,40,44)(H,41,43). The highest BCUT2D eigenvalue weighted by Gasteiger charge is 2.32. The number of aromatic nitrogens is 1. The van der Waals surface area contributed by atoms with Crippen molar-refractivity contribution >= 4 is 17.9 Å². The van der Waals surface area contributed by atoms with Crippen LogP contribution in [0, 0.1) is 5.92 Å². The van der Waals surface area contributed by atoms with E-state index in [-0.39, 0.29) is 29.9 Å². The zero-order valence-electron chi connectivity index (χ0n) is 27.6. The number of ether oxygens (including phenoxy) is 1. The molecule has 1 saturated heterocycles. The SMILES string of the molecule is CC(C)(C)OC(=O)N1CCC(C(=O)NC(Cc2cccnc2)C(=O)NC(CCCc2ccccc2)CCCc2ccccc2)CC1. The fourth-order valence-electron chi connectivity index (χ4n) is 5.89. The molecule has 1 fully saturated rings. The Bertz CT molecular complexity index is 1310. The summed E-state index contributed by atoms with van der Waals surface area (Å²) in [4.78, 5) is 45.8. The van der Waals surface area contributed by atoms with Crippen molar-refractivity contribution in [3.63, 3.8) is 0 Å². The highest BCUT2D eigenvalue weighted by Crippen LogP contribution is 2.21. The van der Waals surface area contributed by atoms with E-state index in [1.165, 1.54) is 11.1 Å². The number of benzene rings is 2. The second-order valence-electron chi connectivity index (χ2n) is 13.3.